The minimum Gasteiger partial charge on any atom is -0.377 e. The second-order valence-corrected chi connectivity index (χ2v) is 7.49. The molecule has 0 aliphatic heterocycles. The van der Waals surface area contributed by atoms with Gasteiger partial charge in [0.05, 0.1) is 10.5 Å². The predicted octanol–water partition coefficient (Wildman–Crippen LogP) is -0.107. The monoisotopic (exact) mass is 345 g/mol. The highest BCUT2D eigenvalue weighted by atomic mass is 32.2. The van der Waals surface area contributed by atoms with Crippen molar-refractivity contribution in [3.05, 3.63) is 18.5 Å². The zero-order valence-electron chi connectivity index (χ0n) is 14.4. The van der Waals surface area contributed by atoms with Gasteiger partial charge in [0, 0.05) is 53.2 Å². The van der Waals surface area contributed by atoms with Gasteiger partial charge in [-0.3, -0.25) is 4.99 Å². The standard InChI is InChI=1S/C14H27N5O3S/c1-14(2,22-5)11-17-13(15-3)16-7-8-18-23(20,21)12-6-9-19(4)10-12/h6,9-10,18H,7-8,11H2,1-5H3,(H2,15,16,17). The van der Waals surface area contributed by atoms with Gasteiger partial charge in [0.25, 0.3) is 0 Å². The molecule has 9 heteroatoms. The smallest absolute Gasteiger partial charge is 0.242 e. The second-order valence-electron chi connectivity index (χ2n) is 5.73. The summed E-state index contributed by atoms with van der Waals surface area (Å²) in [5, 5.41) is 6.17. The van der Waals surface area contributed by atoms with Crippen LogP contribution < -0.4 is 15.4 Å². The molecule has 0 saturated heterocycles. The van der Waals surface area contributed by atoms with Crippen LogP contribution in [0.15, 0.2) is 28.3 Å². The number of ether oxygens (including phenoxy) is 1. The zero-order chi connectivity index (χ0) is 17.5. The van der Waals surface area contributed by atoms with Gasteiger partial charge < -0.3 is 19.9 Å². The maximum absolute atomic E-state index is 12.0. The van der Waals surface area contributed by atoms with Gasteiger partial charge in [-0.15, -0.1) is 0 Å². The molecule has 0 radical (unpaired) electrons. The minimum absolute atomic E-state index is 0.254. The molecular formula is C14H27N5O3S. The average molecular weight is 345 g/mol. The Bertz CT molecular complexity index is 622. The van der Waals surface area contributed by atoms with Crippen molar-refractivity contribution in [1.82, 2.24) is 19.9 Å². The second kappa shape index (κ2) is 8.32. The highest BCUT2D eigenvalue weighted by Gasteiger charge is 2.17. The van der Waals surface area contributed by atoms with Crippen molar-refractivity contribution in [3.8, 4) is 0 Å². The van der Waals surface area contributed by atoms with Crippen LogP contribution in [0.4, 0.5) is 0 Å². The molecule has 0 fully saturated rings. The molecule has 0 spiro atoms. The molecule has 3 N–H and O–H groups in total. The third kappa shape index (κ3) is 6.59. The minimum atomic E-state index is -3.47. The molecule has 0 unspecified atom stereocenters. The lowest BCUT2D eigenvalue weighted by Gasteiger charge is -2.24. The van der Waals surface area contributed by atoms with E-state index >= 15 is 0 Å². The van der Waals surface area contributed by atoms with Crippen LogP contribution in [0.25, 0.3) is 0 Å². The fourth-order valence-electron chi connectivity index (χ4n) is 1.68. The summed E-state index contributed by atoms with van der Waals surface area (Å²) in [6.07, 6.45) is 3.25. The quantitative estimate of drug-likeness (QED) is 0.347. The Balaban J connectivity index is 2.38. The molecule has 0 aliphatic carbocycles. The van der Waals surface area contributed by atoms with E-state index < -0.39 is 10.0 Å². The van der Waals surface area contributed by atoms with E-state index in [2.05, 4.69) is 20.3 Å². The summed E-state index contributed by atoms with van der Waals surface area (Å²) in [7, 11) is 1.61. The number of hydrogen-bond acceptors (Lipinski definition) is 4. The van der Waals surface area contributed by atoms with Gasteiger partial charge in [-0.2, -0.15) is 0 Å². The Labute approximate surface area is 138 Å². The third-order valence-corrected chi connectivity index (χ3v) is 4.73. The molecule has 1 rings (SSSR count). The number of rotatable bonds is 8. The molecule has 23 heavy (non-hydrogen) atoms. The molecule has 0 saturated carbocycles. The van der Waals surface area contributed by atoms with E-state index in [1.807, 2.05) is 13.8 Å². The molecule has 1 heterocycles. The summed E-state index contributed by atoms with van der Waals surface area (Å²) in [6, 6.07) is 1.56. The van der Waals surface area contributed by atoms with E-state index in [1.54, 1.807) is 44.2 Å². The van der Waals surface area contributed by atoms with E-state index in [-0.39, 0.29) is 17.0 Å². The Kier molecular flexibility index (Phi) is 7.04. The first-order chi connectivity index (χ1) is 10.7. The fourth-order valence-corrected chi connectivity index (χ4v) is 2.76. The van der Waals surface area contributed by atoms with Crippen molar-refractivity contribution in [2.45, 2.75) is 24.3 Å². The van der Waals surface area contributed by atoms with Gasteiger partial charge in [-0.25, -0.2) is 13.1 Å². The predicted molar refractivity (Wildman–Crippen MR) is 91.1 cm³/mol. The van der Waals surface area contributed by atoms with Gasteiger partial charge in [0.2, 0.25) is 10.0 Å². The van der Waals surface area contributed by atoms with Crippen LogP contribution in [0.1, 0.15) is 13.8 Å². The van der Waals surface area contributed by atoms with Crippen LogP contribution >= 0.6 is 0 Å². The molecule has 1 aromatic heterocycles. The molecule has 0 aromatic carbocycles. The average Bonchev–Trinajstić information content (AvgIpc) is 2.94. The number of sulfonamides is 1. The Morgan fingerprint density at radius 1 is 1.35 bits per heavy atom. The topological polar surface area (TPSA) is 96.8 Å². The Morgan fingerprint density at radius 3 is 2.57 bits per heavy atom. The van der Waals surface area contributed by atoms with E-state index in [0.717, 1.165) is 0 Å². The summed E-state index contributed by atoms with van der Waals surface area (Å²) >= 11 is 0. The molecule has 8 nitrogen and oxygen atoms in total. The van der Waals surface area contributed by atoms with Crippen molar-refractivity contribution < 1.29 is 13.2 Å². The molecule has 0 atom stereocenters. The Morgan fingerprint density at radius 2 is 2.04 bits per heavy atom. The van der Waals surface area contributed by atoms with Crippen LogP contribution in [-0.4, -0.2) is 58.3 Å². The van der Waals surface area contributed by atoms with E-state index in [0.29, 0.717) is 19.0 Å². The van der Waals surface area contributed by atoms with E-state index in [9.17, 15) is 8.42 Å². The molecule has 0 aliphatic rings. The summed E-state index contributed by atoms with van der Waals surface area (Å²) in [5.41, 5.74) is -0.313. The zero-order valence-corrected chi connectivity index (χ0v) is 15.2. The number of aromatic nitrogens is 1. The van der Waals surface area contributed by atoms with Crippen molar-refractivity contribution in [1.29, 1.82) is 0 Å². The van der Waals surface area contributed by atoms with Gasteiger partial charge in [0.1, 0.15) is 0 Å². The van der Waals surface area contributed by atoms with Crippen LogP contribution in [0.5, 0.6) is 0 Å². The van der Waals surface area contributed by atoms with Crippen LogP contribution in [0, 0.1) is 0 Å². The largest absolute Gasteiger partial charge is 0.377 e. The normalized spacial score (nSPS) is 13.2. The van der Waals surface area contributed by atoms with Gasteiger partial charge in [0.15, 0.2) is 5.96 Å². The number of methoxy groups -OCH3 is 1. The highest BCUT2D eigenvalue weighted by molar-refractivity contribution is 7.89. The molecular weight excluding hydrogens is 318 g/mol. The maximum atomic E-state index is 12.0. The summed E-state index contributed by atoms with van der Waals surface area (Å²) in [4.78, 5) is 4.33. The van der Waals surface area contributed by atoms with Crippen molar-refractivity contribution >= 4 is 16.0 Å². The summed E-state index contributed by atoms with van der Waals surface area (Å²) in [6.45, 7) is 5.17. The number of aliphatic imine (C=N–C) groups is 1. The van der Waals surface area contributed by atoms with E-state index in [1.165, 1.54) is 0 Å². The number of aryl methyl sites for hydroxylation is 1. The first-order valence-corrected chi connectivity index (χ1v) is 8.80. The number of nitrogens with one attached hydrogen (secondary N) is 3. The lowest BCUT2D eigenvalue weighted by atomic mass is 10.1. The summed E-state index contributed by atoms with van der Waals surface area (Å²) in [5.74, 6) is 0.592. The SMILES string of the molecule is CN=C(NCCNS(=O)(=O)c1ccn(C)c1)NCC(C)(C)OC. The van der Waals surface area contributed by atoms with E-state index in [4.69, 9.17) is 4.74 Å². The molecule has 0 bridgehead atoms. The van der Waals surface area contributed by atoms with Crippen LogP contribution in [-0.2, 0) is 21.8 Å². The van der Waals surface area contributed by atoms with Crippen LogP contribution in [0.3, 0.4) is 0 Å². The lowest BCUT2D eigenvalue weighted by Crippen LogP contribution is -2.46. The lowest BCUT2D eigenvalue weighted by molar-refractivity contribution is 0.0268. The number of hydrogen-bond donors (Lipinski definition) is 3. The van der Waals surface area contributed by atoms with Gasteiger partial charge in [-0.1, -0.05) is 0 Å². The fraction of sp³-hybridized carbons (Fsp3) is 0.643. The van der Waals surface area contributed by atoms with Crippen LogP contribution in [0.2, 0.25) is 0 Å². The maximum Gasteiger partial charge on any atom is 0.242 e. The van der Waals surface area contributed by atoms with Crippen molar-refractivity contribution in [2.24, 2.45) is 12.0 Å². The van der Waals surface area contributed by atoms with Gasteiger partial charge >= 0.3 is 0 Å². The number of guanidine groups is 1. The molecule has 0 amide bonds. The molecule has 132 valence electrons. The Hall–Kier alpha value is -1.58. The first kappa shape index (κ1) is 19.5. The van der Waals surface area contributed by atoms with Gasteiger partial charge in [-0.05, 0) is 19.9 Å². The summed E-state index contributed by atoms with van der Waals surface area (Å²) < 4.78 is 33.6. The third-order valence-electron chi connectivity index (χ3n) is 3.28. The van der Waals surface area contributed by atoms with Crippen molar-refractivity contribution in [2.75, 3.05) is 33.8 Å². The highest BCUT2D eigenvalue weighted by Crippen LogP contribution is 2.07. The molecule has 1 aromatic rings. The first-order valence-electron chi connectivity index (χ1n) is 7.31. The van der Waals surface area contributed by atoms with Crippen molar-refractivity contribution in [3.63, 3.8) is 0 Å². The number of nitrogens with zero attached hydrogens (tertiary/aromatic N) is 2.